The van der Waals surface area contributed by atoms with E-state index in [9.17, 15) is 22.4 Å². The van der Waals surface area contributed by atoms with Crippen molar-refractivity contribution in [3.63, 3.8) is 0 Å². The highest BCUT2D eigenvalue weighted by Gasteiger charge is 2.17. The van der Waals surface area contributed by atoms with Crippen molar-refractivity contribution < 1.29 is 27.5 Å². The van der Waals surface area contributed by atoms with Crippen molar-refractivity contribution in [3.05, 3.63) is 35.4 Å². The van der Waals surface area contributed by atoms with E-state index in [1.165, 1.54) is 0 Å². The van der Waals surface area contributed by atoms with Crippen LogP contribution in [0.15, 0.2) is 18.2 Å². The molecule has 0 aliphatic rings. The van der Waals surface area contributed by atoms with Crippen molar-refractivity contribution >= 4 is 5.91 Å². The molecule has 2 N–H and O–H groups in total. The number of benzene rings is 1. The van der Waals surface area contributed by atoms with Crippen molar-refractivity contribution in [1.82, 2.24) is 5.32 Å². The topological polar surface area (TPSA) is 49.3 Å². The number of aliphatic hydroxyl groups is 1. The molecule has 1 unspecified atom stereocenters. The minimum Gasteiger partial charge on any atom is -0.385 e. The molecule has 1 amide bonds. The molecule has 0 spiro atoms. The zero-order valence-corrected chi connectivity index (χ0v) is 9.17. The molecule has 0 fully saturated rings. The zero-order valence-electron chi connectivity index (χ0n) is 9.17. The maximum atomic E-state index is 13.1. The summed E-state index contributed by atoms with van der Waals surface area (Å²) in [7, 11) is 0. The van der Waals surface area contributed by atoms with Crippen LogP contribution in [0.5, 0.6) is 0 Å². The van der Waals surface area contributed by atoms with E-state index in [2.05, 4.69) is 0 Å². The van der Waals surface area contributed by atoms with Crippen molar-refractivity contribution in [1.29, 1.82) is 0 Å². The van der Waals surface area contributed by atoms with Crippen LogP contribution in [0, 0.1) is 11.6 Å². The van der Waals surface area contributed by atoms with Crippen molar-refractivity contribution in [2.24, 2.45) is 0 Å². The lowest BCUT2D eigenvalue weighted by Crippen LogP contribution is -2.36. The summed E-state index contributed by atoms with van der Waals surface area (Å²) in [5, 5.41) is 10.8. The number of halogens is 4. The standard InChI is InChI=1S/C11H11F4NO2/c12-7-2-1-6(8(13)4-7)3-10(18)16-5-9(17)11(14)15/h1-2,4,9,11,17H,3,5H2,(H,16,18). The number of carbonyl (C=O) groups excluding carboxylic acids is 1. The summed E-state index contributed by atoms with van der Waals surface area (Å²) >= 11 is 0. The summed E-state index contributed by atoms with van der Waals surface area (Å²) in [5.41, 5.74) is -0.0552. The van der Waals surface area contributed by atoms with E-state index in [0.29, 0.717) is 6.07 Å². The van der Waals surface area contributed by atoms with Gasteiger partial charge in [-0.1, -0.05) is 6.07 Å². The maximum Gasteiger partial charge on any atom is 0.265 e. The van der Waals surface area contributed by atoms with Gasteiger partial charge in [-0.25, -0.2) is 17.6 Å². The van der Waals surface area contributed by atoms with Crippen molar-refractivity contribution in [3.8, 4) is 0 Å². The van der Waals surface area contributed by atoms with E-state index in [0.717, 1.165) is 12.1 Å². The van der Waals surface area contributed by atoms with Crippen LogP contribution in [0.3, 0.4) is 0 Å². The van der Waals surface area contributed by atoms with Gasteiger partial charge in [0.1, 0.15) is 17.7 Å². The summed E-state index contributed by atoms with van der Waals surface area (Å²) in [6.07, 6.45) is -5.35. The third-order valence-corrected chi connectivity index (χ3v) is 2.17. The van der Waals surface area contributed by atoms with Crippen LogP contribution < -0.4 is 5.32 Å². The molecule has 1 aromatic carbocycles. The molecule has 0 aliphatic heterocycles. The second-order valence-electron chi connectivity index (χ2n) is 3.62. The fourth-order valence-electron chi connectivity index (χ4n) is 1.21. The third kappa shape index (κ3) is 4.33. The molecule has 18 heavy (non-hydrogen) atoms. The molecule has 0 saturated heterocycles. The molecular formula is C11H11F4NO2. The highest BCUT2D eigenvalue weighted by molar-refractivity contribution is 5.78. The molecule has 7 heteroatoms. The first kappa shape index (κ1) is 14.4. The van der Waals surface area contributed by atoms with E-state index >= 15 is 0 Å². The molecular weight excluding hydrogens is 254 g/mol. The zero-order chi connectivity index (χ0) is 13.7. The summed E-state index contributed by atoms with van der Waals surface area (Å²) in [4.78, 5) is 11.2. The van der Waals surface area contributed by atoms with Gasteiger partial charge in [0.15, 0.2) is 0 Å². The average molecular weight is 265 g/mol. The lowest BCUT2D eigenvalue weighted by molar-refractivity contribution is -0.121. The molecule has 3 nitrogen and oxygen atoms in total. The predicted molar refractivity (Wildman–Crippen MR) is 55.1 cm³/mol. The molecule has 1 atom stereocenters. The van der Waals surface area contributed by atoms with Crippen LogP contribution >= 0.6 is 0 Å². The lowest BCUT2D eigenvalue weighted by atomic mass is 10.1. The number of nitrogens with one attached hydrogen (secondary N) is 1. The minimum absolute atomic E-state index is 0.0552. The van der Waals surface area contributed by atoms with Crippen LogP contribution in [0.1, 0.15) is 5.56 Å². The first-order valence-corrected chi connectivity index (χ1v) is 5.07. The van der Waals surface area contributed by atoms with E-state index in [-0.39, 0.29) is 5.56 Å². The summed E-state index contributed by atoms with van der Waals surface area (Å²) in [5.74, 6) is -2.40. The van der Waals surface area contributed by atoms with Gasteiger partial charge in [0.25, 0.3) is 6.43 Å². The van der Waals surface area contributed by atoms with Gasteiger partial charge in [-0.2, -0.15) is 0 Å². The molecule has 0 saturated carbocycles. The predicted octanol–water partition coefficient (Wildman–Crippen LogP) is 1.25. The Labute approximate surface area is 100 Å². The summed E-state index contributed by atoms with van der Waals surface area (Å²) < 4.78 is 49.5. The van der Waals surface area contributed by atoms with Gasteiger partial charge in [0.05, 0.1) is 6.42 Å². The Bertz CT molecular complexity index is 426. The van der Waals surface area contributed by atoms with Gasteiger partial charge in [0, 0.05) is 12.6 Å². The van der Waals surface area contributed by atoms with Crippen LogP contribution in [0.25, 0.3) is 0 Å². The van der Waals surface area contributed by atoms with Crippen LogP contribution in [0.4, 0.5) is 17.6 Å². The van der Waals surface area contributed by atoms with Gasteiger partial charge >= 0.3 is 0 Å². The summed E-state index contributed by atoms with van der Waals surface area (Å²) in [6, 6.07) is 2.70. The number of alkyl halides is 2. The van der Waals surface area contributed by atoms with Gasteiger partial charge in [-0.05, 0) is 11.6 Å². The van der Waals surface area contributed by atoms with Crippen LogP contribution in [0.2, 0.25) is 0 Å². The van der Waals surface area contributed by atoms with Crippen molar-refractivity contribution in [2.75, 3.05) is 6.54 Å². The Balaban J connectivity index is 2.50. The molecule has 100 valence electrons. The fourth-order valence-corrected chi connectivity index (χ4v) is 1.21. The van der Waals surface area contributed by atoms with Gasteiger partial charge in [0.2, 0.25) is 5.91 Å². The molecule has 1 rings (SSSR count). The normalized spacial score (nSPS) is 12.6. The number of amides is 1. The number of carbonyl (C=O) groups is 1. The quantitative estimate of drug-likeness (QED) is 0.787. The first-order chi connectivity index (χ1) is 8.40. The molecule has 0 radical (unpaired) electrons. The fraction of sp³-hybridized carbons (Fsp3) is 0.364. The highest BCUT2D eigenvalue weighted by atomic mass is 19.3. The van der Waals surface area contributed by atoms with Gasteiger partial charge in [-0.3, -0.25) is 4.79 Å². The second-order valence-corrected chi connectivity index (χ2v) is 3.62. The monoisotopic (exact) mass is 265 g/mol. The lowest BCUT2D eigenvalue weighted by Gasteiger charge is -2.10. The molecule has 0 heterocycles. The Hall–Kier alpha value is -1.63. The van der Waals surface area contributed by atoms with E-state index in [4.69, 9.17) is 5.11 Å². The Kier molecular flexibility index (Phi) is 5.08. The molecule has 0 aliphatic carbocycles. The first-order valence-electron chi connectivity index (χ1n) is 5.07. The number of hydrogen-bond donors (Lipinski definition) is 2. The van der Waals surface area contributed by atoms with Crippen molar-refractivity contribution in [2.45, 2.75) is 19.0 Å². The molecule has 0 aromatic heterocycles. The smallest absolute Gasteiger partial charge is 0.265 e. The van der Waals surface area contributed by atoms with Gasteiger partial charge in [-0.15, -0.1) is 0 Å². The Morgan fingerprint density at radius 1 is 1.33 bits per heavy atom. The minimum atomic E-state index is -2.96. The Morgan fingerprint density at radius 3 is 2.56 bits per heavy atom. The second kappa shape index (κ2) is 6.34. The maximum absolute atomic E-state index is 13.1. The number of rotatable bonds is 5. The SMILES string of the molecule is O=C(Cc1ccc(F)cc1F)NCC(O)C(F)F. The number of hydrogen-bond acceptors (Lipinski definition) is 2. The van der Waals surface area contributed by atoms with E-state index in [1.54, 1.807) is 0 Å². The Morgan fingerprint density at radius 2 is 2.00 bits per heavy atom. The van der Waals surface area contributed by atoms with Crippen LogP contribution in [-0.4, -0.2) is 30.1 Å². The average Bonchev–Trinajstić information content (AvgIpc) is 2.29. The molecule has 0 bridgehead atoms. The van der Waals surface area contributed by atoms with E-state index in [1.807, 2.05) is 5.32 Å². The largest absolute Gasteiger partial charge is 0.385 e. The van der Waals surface area contributed by atoms with Crippen LogP contribution in [-0.2, 0) is 11.2 Å². The molecule has 1 aromatic rings. The van der Waals surface area contributed by atoms with E-state index < -0.39 is 43.0 Å². The summed E-state index contributed by atoms with van der Waals surface area (Å²) in [6.45, 7) is -0.626. The number of aliphatic hydroxyl groups excluding tert-OH is 1. The highest BCUT2D eigenvalue weighted by Crippen LogP contribution is 2.10. The van der Waals surface area contributed by atoms with Gasteiger partial charge < -0.3 is 10.4 Å². The third-order valence-electron chi connectivity index (χ3n) is 2.17.